The second kappa shape index (κ2) is 7.75. The van der Waals surface area contributed by atoms with E-state index in [2.05, 4.69) is 27.2 Å². The van der Waals surface area contributed by atoms with Crippen LogP contribution in [0.4, 0.5) is 0 Å². The topological polar surface area (TPSA) is 69.9 Å². The van der Waals surface area contributed by atoms with Crippen LogP contribution in [-0.2, 0) is 6.54 Å². The Kier molecular flexibility index (Phi) is 4.81. The molecule has 0 bridgehead atoms. The van der Waals surface area contributed by atoms with Crippen molar-refractivity contribution in [1.29, 1.82) is 0 Å². The Bertz CT molecular complexity index is 986. The Morgan fingerprint density at radius 3 is 2.69 bits per heavy atom. The van der Waals surface area contributed by atoms with Crippen molar-refractivity contribution in [1.82, 2.24) is 15.1 Å². The third-order valence-corrected chi connectivity index (χ3v) is 5.46. The first-order chi connectivity index (χ1) is 14.3. The fourth-order valence-electron chi connectivity index (χ4n) is 4.00. The maximum absolute atomic E-state index is 5.93. The molecule has 1 aromatic heterocycles. The van der Waals surface area contributed by atoms with Gasteiger partial charge in [-0.2, -0.15) is 0 Å². The zero-order valence-electron chi connectivity index (χ0n) is 16.3. The lowest BCUT2D eigenvalue weighted by molar-refractivity contribution is 0.170. The van der Waals surface area contributed by atoms with Gasteiger partial charge in [0, 0.05) is 11.6 Å². The molecule has 1 saturated heterocycles. The lowest BCUT2D eigenvalue weighted by Crippen LogP contribution is -2.23. The van der Waals surface area contributed by atoms with Gasteiger partial charge in [-0.15, -0.1) is 10.2 Å². The van der Waals surface area contributed by atoms with E-state index in [1.165, 1.54) is 5.56 Å². The second-order valence-electron chi connectivity index (χ2n) is 7.26. The van der Waals surface area contributed by atoms with E-state index in [1.54, 1.807) is 7.11 Å². The molecule has 1 unspecified atom stereocenters. The van der Waals surface area contributed by atoms with E-state index in [1.807, 2.05) is 30.3 Å². The average molecular weight is 393 g/mol. The summed E-state index contributed by atoms with van der Waals surface area (Å²) in [5, 5.41) is 8.48. The van der Waals surface area contributed by atoms with E-state index in [-0.39, 0.29) is 0 Å². The molecule has 3 aromatic rings. The molecule has 29 heavy (non-hydrogen) atoms. The van der Waals surface area contributed by atoms with Crippen molar-refractivity contribution < 1.29 is 18.6 Å². The van der Waals surface area contributed by atoms with Crippen molar-refractivity contribution in [2.24, 2.45) is 0 Å². The lowest BCUT2D eigenvalue weighted by Gasteiger charge is -2.25. The molecule has 0 amide bonds. The van der Waals surface area contributed by atoms with Crippen LogP contribution in [-0.4, -0.2) is 42.0 Å². The van der Waals surface area contributed by atoms with Gasteiger partial charge in [-0.3, -0.25) is 4.90 Å². The van der Waals surface area contributed by atoms with E-state index in [0.717, 1.165) is 42.2 Å². The largest absolute Gasteiger partial charge is 0.497 e. The van der Waals surface area contributed by atoms with Crippen molar-refractivity contribution in [2.45, 2.75) is 25.4 Å². The number of fused-ring (bicyclic) bond motifs is 1. The van der Waals surface area contributed by atoms with E-state index < -0.39 is 0 Å². The highest BCUT2D eigenvalue weighted by atomic mass is 16.6. The van der Waals surface area contributed by atoms with Crippen LogP contribution in [0.5, 0.6) is 17.2 Å². The predicted octanol–water partition coefficient (Wildman–Crippen LogP) is 3.85. The molecule has 1 atom stereocenters. The van der Waals surface area contributed by atoms with Gasteiger partial charge in [0.25, 0.3) is 0 Å². The van der Waals surface area contributed by atoms with E-state index in [4.69, 9.17) is 18.6 Å². The molecule has 0 aliphatic carbocycles. The molecular formula is C22H23N3O4. The van der Waals surface area contributed by atoms with Gasteiger partial charge in [-0.05, 0) is 61.3 Å². The maximum Gasteiger partial charge on any atom is 0.247 e. The van der Waals surface area contributed by atoms with Crippen LogP contribution < -0.4 is 14.2 Å². The molecule has 7 nitrogen and oxygen atoms in total. The number of ether oxygens (including phenoxy) is 3. The highest BCUT2D eigenvalue weighted by Crippen LogP contribution is 2.38. The first-order valence-corrected chi connectivity index (χ1v) is 9.90. The minimum atomic E-state index is 0.308. The van der Waals surface area contributed by atoms with Crippen molar-refractivity contribution >= 4 is 0 Å². The third-order valence-electron chi connectivity index (χ3n) is 5.46. The number of methoxy groups -OCH3 is 1. The zero-order valence-corrected chi connectivity index (χ0v) is 16.3. The van der Waals surface area contributed by atoms with Crippen LogP contribution in [0.3, 0.4) is 0 Å². The molecule has 0 saturated carbocycles. The summed E-state index contributed by atoms with van der Waals surface area (Å²) in [5.74, 6) is 3.61. The standard InChI is InChI=1S/C22H23N3O4/c1-26-17-7-4-15(5-8-17)22-24-23-21(29-22)14-25-10-2-3-18(25)16-6-9-19-20(13-16)28-12-11-27-19/h4-9,13,18H,2-3,10-12,14H2,1H3. The summed E-state index contributed by atoms with van der Waals surface area (Å²) in [6.07, 6.45) is 2.23. The summed E-state index contributed by atoms with van der Waals surface area (Å²) in [5.41, 5.74) is 2.12. The van der Waals surface area contributed by atoms with Gasteiger partial charge in [0.1, 0.15) is 19.0 Å². The molecule has 3 heterocycles. The van der Waals surface area contributed by atoms with Gasteiger partial charge in [0.05, 0.1) is 13.7 Å². The number of aromatic nitrogens is 2. The van der Waals surface area contributed by atoms with Gasteiger partial charge in [-0.25, -0.2) is 0 Å². The molecular weight excluding hydrogens is 370 g/mol. The Labute approximate surface area is 169 Å². The van der Waals surface area contributed by atoms with Crippen LogP contribution >= 0.6 is 0 Å². The number of hydrogen-bond acceptors (Lipinski definition) is 7. The minimum absolute atomic E-state index is 0.308. The first-order valence-electron chi connectivity index (χ1n) is 9.90. The zero-order chi connectivity index (χ0) is 19.6. The highest BCUT2D eigenvalue weighted by molar-refractivity contribution is 5.54. The highest BCUT2D eigenvalue weighted by Gasteiger charge is 2.28. The minimum Gasteiger partial charge on any atom is -0.497 e. The predicted molar refractivity (Wildman–Crippen MR) is 106 cm³/mol. The maximum atomic E-state index is 5.93. The van der Waals surface area contributed by atoms with Gasteiger partial charge in [0.2, 0.25) is 11.8 Å². The number of benzene rings is 2. The quantitative estimate of drug-likeness (QED) is 0.652. The van der Waals surface area contributed by atoms with E-state index in [9.17, 15) is 0 Å². The second-order valence-corrected chi connectivity index (χ2v) is 7.26. The van der Waals surface area contributed by atoms with Crippen LogP contribution in [0.1, 0.15) is 30.3 Å². The Hall–Kier alpha value is -3.06. The van der Waals surface area contributed by atoms with Crippen LogP contribution in [0, 0.1) is 0 Å². The Balaban J connectivity index is 1.31. The fraction of sp³-hybridized carbons (Fsp3) is 0.364. The molecule has 7 heteroatoms. The molecule has 1 fully saturated rings. The Morgan fingerprint density at radius 2 is 1.86 bits per heavy atom. The third kappa shape index (κ3) is 3.65. The van der Waals surface area contributed by atoms with E-state index in [0.29, 0.717) is 37.6 Å². The van der Waals surface area contributed by atoms with Crippen molar-refractivity contribution in [2.75, 3.05) is 26.9 Å². The first kappa shape index (κ1) is 18.0. The number of rotatable bonds is 5. The van der Waals surface area contributed by atoms with Gasteiger partial charge >= 0.3 is 0 Å². The molecule has 5 rings (SSSR count). The SMILES string of the molecule is COc1ccc(-c2nnc(CN3CCCC3c3ccc4c(c3)OCCO4)o2)cc1. The lowest BCUT2D eigenvalue weighted by atomic mass is 10.0. The van der Waals surface area contributed by atoms with Gasteiger partial charge < -0.3 is 18.6 Å². The number of hydrogen-bond donors (Lipinski definition) is 0. The molecule has 0 N–H and O–H groups in total. The van der Waals surface area contributed by atoms with Crippen molar-refractivity contribution in [3.8, 4) is 28.7 Å². The van der Waals surface area contributed by atoms with Crippen LogP contribution in [0.15, 0.2) is 46.9 Å². The van der Waals surface area contributed by atoms with E-state index >= 15 is 0 Å². The van der Waals surface area contributed by atoms with Gasteiger partial charge in [-0.1, -0.05) is 6.07 Å². The summed E-state index contributed by atoms with van der Waals surface area (Å²) >= 11 is 0. The number of likely N-dealkylation sites (tertiary alicyclic amines) is 1. The summed E-state index contributed by atoms with van der Waals surface area (Å²) in [7, 11) is 1.65. The van der Waals surface area contributed by atoms with Crippen molar-refractivity contribution in [3.05, 3.63) is 53.9 Å². The molecule has 150 valence electrons. The molecule has 2 aliphatic rings. The fourth-order valence-corrected chi connectivity index (χ4v) is 4.00. The Morgan fingerprint density at radius 1 is 1.03 bits per heavy atom. The molecule has 0 spiro atoms. The summed E-state index contributed by atoms with van der Waals surface area (Å²) in [6.45, 7) is 2.83. The summed E-state index contributed by atoms with van der Waals surface area (Å²) in [6, 6.07) is 14.2. The smallest absolute Gasteiger partial charge is 0.247 e. The summed E-state index contributed by atoms with van der Waals surface area (Å²) < 4.78 is 22.5. The van der Waals surface area contributed by atoms with Crippen LogP contribution in [0.2, 0.25) is 0 Å². The number of nitrogens with zero attached hydrogens (tertiary/aromatic N) is 3. The molecule has 0 radical (unpaired) electrons. The summed E-state index contributed by atoms with van der Waals surface area (Å²) in [4.78, 5) is 2.39. The normalized spacial score (nSPS) is 18.7. The monoisotopic (exact) mass is 393 g/mol. The average Bonchev–Trinajstić information content (AvgIpc) is 3.43. The molecule has 2 aliphatic heterocycles. The van der Waals surface area contributed by atoms with Crippen molar-refractivity contribution in [3.63, 3.8) is 0 Å². The van der Waals surface area contributed by atoms with Crippen LogP contribution in [0.25, 0.3) is 11.5 Å². The molecule has 2 aromatic carbocycles. The van der Waals surface area contributed by atoms with Gasteiger partial charge in [0.15, 0.2) is 11.5 Å².